The van der Waals surface area contributed by atoms with E-state index in [4.69, 9.17) is 5.73 Å². The summed E-state index contributed by atoms with van der Waals surface area (Å²) in [7, 11) is 1.79. The summed E-state index contributed by atoms with van der Waals surface area (Å²) in [5.74, 6) is 0.708. The third kappa shape index (κ3) is 8.37. The van der Waals surface area contributed by atoms with E-state index in [1.165, 1.54) is 24.6 Å². The summed E-state index contributed by atoms with van der Waals surface area (Å²) < 4.78 is 1.63. The van der Waals surface area contributed by atoms with Crippen molar-refractivity contribution in [3.63, 3.8) is 0 Å². The Morgan fingerprint density at radius 3 is 2.39 bits per heavy atom. The first kappa shape index (κ1) is 28.8. The first-order valence-corrected chi connectivity index (χ1v) is 13.1. The zero-order valence-electron chi connectivity index (χ0n) is 22.6. The van der Waals surface area contributed by atoms with Gasteiger partial charge in [-0.15, -0.1) is 0 Å². The molecule has 2 aromatic heterocycles. The number of aliphatic hydroxyl groups is 1. The molecule has 204 valence electrons. The van der Waals surface area contributed by atoms with Crippen LogP contribution < -0.4 is 16.4 Å². The molecular formula is C28H39N7O3. The van der Waals surface area contributed by atoms with Crippen LogP contribution in [0, 0.1) is 12.8 Å². The fraction of sp³-hybridized carbons (Fsp3) is 0.464. The molecule has 0 spiro atoms. The number of anilines is 2. The van der Waals surface area contributed by atoms with Gasteiger partial charge in [0, 0.05) is 37.7 Å². The molecular weight excluding hydrogens is 482 g/mol. The van der Waals surface area contributed by atoms with Crippen molar-refractivity contribution in [3.05, 3.63) is 65.4 Å². The van der Waals surface area contributed by atoms with Gasteiger partial charge in [0.05, 0.1) is 17.6 Å². The Morgan fingerprint density at radius 2 is 1.87 bits per heavy atom. The summed E-state index contributed by atoms with van der Waals surface area (Å²) in [5, 5.41) is 19.4. The lowest BCUT2D eigenvalue weighted by Gasteiger charge is -2.21. The first-order chi connectivity index (χ1) is 18.2. The number of primary amides is 1. The maximum Gasteiger partial charge on any atom is 0.271 e. The molecule has 1 aliphatic carbocycles. The van der Waals surface area contributed by atoms with Gasteiger partial charge in [0.15, 0.2) is 11.5 Å². The molecule has 0 aliphatic heterocycles. The molecule has 38 heavy (non-hydrogen) atoms. The van der Waals surface area contributed by atoms with Crippen LogP contribution in [-0.2, 0) is 7.05 Å². The van der Waals surface area contributed by atoms with E-state index in [-0.39, 0.29) is 30.2 Å². The van der Waals surface area contributed by atoms with Crippen molar-refractivity contribution in [2.45, 2.75) is 64.8 Å². The number of hydrogen-bond donors (Lipinski definition) is 4. The van der Waals surface area contributed by atoms with Crippen LogP contribution in [0.1, 0.15) is 84.0 Å². The molecule has 1 aliphatic rings. The number of carbonyl (C=O) groups is 2. The Bertz CT molecular complexity index is 1200. The Hall–Kier alpha value is -3.79. The lowest BCUT2D eigenvalue weighted by molar-refractivity contribution is 0.0922. The van der Waals surface area contributed by atoms with E-state index in [1.807, 2.05) is 12.1 Å². The maximum absolute atomic E-state index is 12.3. The molecule has 2 amide bonds. The number of aromatic nitrogens is 4. The average molecular weight is 522 g/mol. The number of nitrogens with one attached hydrogen (secondary N) is 2. The number of aliphatic hydroxyl groups excluding tert-OH is 1. The first-order valence-electron chi connectivity index (χ1n) is 13.1. The van der Waals surface area contributed by atoms with Gasteiger partial charge in [-0.05, 0) is 62.1 Å². The van der Waals surface area contributed by atoms with Crippen LogP contribution in [0.2, 0.25) is 0 Å². The highest BCUT2D eigenvalue weighted by molar-refractivity contribution is 5.96. The molecule has 0 radical (unpaired) electrons. The highest BCUT2D eigenvalue weighted by Crippen LogP contribution is 2.39. The number of nitrogens with zero attached hydrogens (tertiary/aromatic N) is 4. The van der Waals surface area contributed by atoms with E-state index >= 15 is 0 Å². The van der Waals surface area contributed by atoms with Crippen LogP contribution in [0.5, 0.6) is 0 Å². The Kier molecular flexibility index (Phi) is 10.3. The fourth-order valence-corrected chi connectivity index (χ4v) is 4.06. The molecule has 1 saturated carbocycles. The van der Waals surface area contributed by atoms with Gasteiger partial charge in [0.1, 0.15) is 0 Å². The Balaban J connectivity index is 0.000000215. The van der Waals surface area contributed by atoms with E-state index in [9.17, 15) is 14.7 Å². The van der Waals surface area contributed by atoms with Crippen LogP contribution in [0.4, 0.5) is 11.5 Å². The largest absolute Gasteiger partial charge is 0.396 e. The highest BCUT2D eigenvalue weighted by atomic mass is 16.3. The normalized spacial score (nSPS) is 14.1. The van der Waals surface area contributed by atoms with Gasteiger partial charge in [-0.25, -0.2) is 9.97 Å². The van der Waals surface area contributed by atoms with Crippen molar-refractivity contribution in [2.24, 2.45) is 18.7 Å². The smallest absolute Gasteiger partial charge is 0.271 e. The lowest BCUT2D eigenvalue weighted by atomic mass is 9.96. The Morgan fingerprint density at radius 1 is 1.16 bits per heavy atom. The molecule has 2 atom stereocenters. The number of nitrogens with two attached hydrogens (primary N) is 1. The predicted octanol–water partition coefficient (Wildman–Crippen LogP) is 3.84. The topological polar surface area (TPSA) is 148 Å². The zero-order valence-corrected chi connectivity index (χ0v) is 22.6. The van der Waals surface area contributed by atoms with E-state index in [2.05, 4.69) is 51.7 Å². The maximum atomic E-state index is 12.3. The van der Waals surface area contributed by atoms with Crippen LogP contribution in [0.25, 0.3) is 0 Å². The Labute approximate surface area is 224 Å². The van der Waals surface area contributed by atoms with Crippen molar-refractivity contribution < 1.29 is 14.7 Å². The van der Waals surface area contributed by atoms with Gasteiger partial charge in [-0.2, -0.15) is 5.10 Å². The SMILES string of the molecule is CCC(CO)CC(CC)NC(=O)c1ccc(C2CC2)cc1.Cc1cnc(C(N)=O)c(Nc2cnn(C)c2)n1. The number of aryl methyl sites for hydroxylation is 2. The summed E-state index contributed by atoms with van der Waals surface area (Å²) in [5.41, 5.74) is 8.83. The quantitative estimate of drug-likeness (QED) is 0.300. The molecule has 5 N–H and O–H groups in total. The monoisotopic (exact) mass is 521 g/mol. The summed E-state index contributed by atoms with van der Waals surface area (Å²) in [6, 6.07) is 8.15. The van der Waals surface area contributed by atoms with Crippen molar-refractivity contribution in [3.8, 4) is 0 Å². The number of rotatable bonds is 11. The van der Waals surface area contributed by atoms with Crippen molar-refractivity contribution in [1.29, 1.82) is 0 Å². The molecule has 10 nitrogen and oxygen atoms in total. The fourth-order valence-electron chi connectivity index (χ4n) is 4.06. The van der Waals surface area contributed by atoms with E-state index in [0.29, 0.717) is 11.5 Å². The van der Waals surface area contributed by atoms with Gasteiger partial charge in [0.2, 0.25) is 0 Å². The second kappa shape index (κ2) is 13.7. The third-order valence-electron chi connectivity index (χ3n) is 6.60. The minimum atomic E-state index is -0.621. The highest BCUT2D eigenvalue weighted by Gasteiger charge is 2.23. The van der Waals surface area contributed by atoms with Crippen LogP contribution >= 0.6 is 0 Å². The van der Waals surface area contributed by atoms with E-state index in [1.54, 1.807) is 31.0 Å². The molecule has 0 bridgehead atoms. The van der Waals surface area contributed by atoms with Gasteiger partial charge in [-0.3, -0.25) is 14.3 Å². The number of amides is 2. The molecule has 2 unspecified atom stereocenters. The molecule has 1 fully saturated rings. The predicted molar refractivity (Wildman–Crippen MR) is 147 cm³/mol. The molecule has 10 heteroatoms. The van der Waals surface area contributed by atoms with E-state index < -0.39 is 5.91 Å². The average Bonchev–Trinajstić information content (AvgIpc) is 3.68. The molecule has 0 saturated heterocycles. The second-order valence-electron chi connectivity index (χ2n) is 9.77. The molecule has 4 rings (SSSR count). The third-order valence-corrected chi connectivity index (χ3v) is 6.60. The molecule has 3 aromatic rings. The zero-order chi connectivity index (χ0) is 27.7. The second-order valence-corrected chi connectivity index (χ2v) is 9.77. The summed E-state index contributed by atoms with van der Waals surface area (Å²) in [6.45, 7) is 6.13. The van der Waals surface area contributed by atoms with Gasteiger partial charge >= 0.3 is 0 Å². The van der Waals surface area contributed by atoms with Gasteiger partial charge < -0.3 is 21.5 Å². The lowest BCUT2D eigenvalue weighted by Crippen LogP contribution is -2.36. The minimum Gasteiger partial charge on any atom is -0.396 e. The summed E-state index contributed by atoms with van der Waals surface area (Å²) >= 11 is 0. The van der Waals surface area contributed by atoms with E-state index in [0.717, 1.165) is 36.4 Å². The number of benzene rings is 1. The van der Waals surface area contributed by atoms with Crippen molar-refractivity contribution in [2.75, 3.05) is 11.9 Å². The minimum absolute atomic E-state index is 0.00279. The van der Waals surface area contributed by atoms with Gasteiger partial charge in [-0.1, -0.05) is 32.4 Å². The van der Waals surface area contributed by atoms with Crippen LogP contribution in [0.3, 0.4) is 0 Å². The van der Waals surface area contributed by atoms with Crippen LogP contribution in [-0.4, -0.2) is 49.3 Å². The summed E-state index contributed by atoms with van der Waals surface area (Å²) in [4.78, 5) is 31.6. The van der Waals surface area contributed by atoms with Crippen molar-refractivity contribution >= 4 is 23.3 Å². The van der Waals surface area contributed by atoms with Gasteiger partial charge in [0.25, 0.3) is 11.8 Å². The number of hydrogen-bond acceptors (Lipinski definition) is 7. The molecule has 2 heterocycles. The van der Waals surface area contributed by atoms with Crippen LogP contribution in [0.15, 0.2) is 42.9 Å². The standard InChI is InChI=1S/C18H27NO2.C10H12N6O/c1-3-13(12-20)11-17(4-2)19-18(21)16-9-7-15(8-10-16)14-5-6-14;1-6-3-12-8(9(11)17)10(14-6)15-7-4-13-16(2)5-7/h7-10,13-14,17,20H,3-6,11-12H2,1-2H3,(H,19,21);3-5H,1-2H3,(H2,11,17)(H,14,15). The summed E-state index contributed by atoms with van der Waals surface area (Å²) in [6.07, 6.45) is 10.1. The number of carbonyl (C=O) groups excluding carboxylic acids is 2. The molecule has 1 aromatic carbocycles. The van der Waals surface area contributed by atoms with Crippen molar-refractivity contribution in [1.82, 2.24) is 25.1 Å².